The van der Waals surface area contributed by atoms with Gasteiger partial charge in [0.15, 0.2) is 0 Å². The highest BCUT2D eigenvalue weighted by atomic mass is 15.1. The van der Waals surface area contributed by atoms with E-state index >= 15 is 0 Å². The molecule has 0 aliphatic carbocycles. The van der Waals surface area contributed by atoms with Crippen molar-refractivity contribution in [1.29, 1.82) is 0 Å². The average Bonchev–Trinajstić information content (AvgIpc) is 3.63. The highest BCUT2D eigenvalue weighted by Crippen LogP contribution is 2.40. The molecule has 0 N–H and O–H groups in total. The van der Waals surface area contributed by atoms with Gasteiger partial charge in [0.2, 0.25) is 0 Å². The van der Waals surface area contributed by atoms with Crippen LogP contribution in [-0.4, -0.2) is 4.57 Å². The number of benzene rings is 9. The van der Waals surface area contributed by atoms with Crippen molar-refractivity contribution in [3.63, 3.8) is 0 Å². The van der Waals surface area contributed by atoms with E-state index in [1.807, 2.05) is 0 Å². The van der Waals surface area contributed by atoms with E-state index in [0.29, 0.717) is 0 Å². The zero-order valence-corrected chi connectivity index (χ0v) is 32.2. The van der Waals surface area contributed by atoms with Crippen LogP contribution in [0, 0.1) is 0 Å². The molecule has 1 aromatic heterocycles. The molecule has 10 rings (SSSR count). The van der Waals surface area contributed by atoms with E-state index in [2.05, 4.69) is 240 Å². The van der Waals surface area contributed by atoms with Crippen LogP contribution in [0.1, 0.15) is 22.3 Å². The Morgan fingerprint density at radius 3 is 1.40 bits per heavy atom. The lowest BCUT2D eigenvalue weighted by molar-refractivity contribution is 1.16. The average molecular weight is 743 g/mol. The van der Waals surface area contributed by atoms with E-state index in [-0.39, 0.29) is 0 Å². The van der Waals surface area contributed by atoms with Gasteiger partial charge < -0.3 is 9.47 Å². The fraction of sp³-hybridized carbons (Fsp3) is 0.0357. The first-order chi connectivity index (χ1) is 28.8. The molecule has 0 amide bonds. The predicted octanol–water partition coefficient (Wildman–Crippen LogP) is 14.8. The first-order valence-corrected chi connectivity index (χ1v) is 20.1. The van der Waals surface area contributed by atoms with E-state index in [1.165, 1.54) is 66.3 Å². The summed E-state index contributed by atoms with van der Waals surface area (Å²) in [7, 11) is 0. The van der Waals surface area contributed by atoms with Crippen LogP contribution >= 0.6 is 0 Å². The molecule has 2 nitrogen and oxygen atoms in total. The van der Waals surface area contributed by atoms with Gasteiger partial charge in [0.25, 0.3) is 0 Å². The summed E-state index contributed by atoms with van der Waals surface area (Å²) in [5.41, 5.74) is 17.1. The lowest BCUT2D eigenvalue weighted by Gasteiger charge is -2.27. The van der Waals surface area contributed by atoms with Crippen LogP contribution in [0.2, 0.25) is 0 Å². The second-order valence-electron chi connectivity index (χ2n) is 15.0. The Kier molecular flexibility index (Phi) is 9.43. The van der Waals surface area contributed by atoms with Crippen molar-refractivity contribution in [2.45, 2.75) is 12.8 Å². The molecule has 0 saturated heterocycles. The molecule has 1 heterocycles. The van der Waals surface area contributed by atoms with Crippen molar-refractivity contribution in [3.05, 3.63) is 253 Å². The smallest absolute Gasteiger partial charge is 0.0541 e. The number of hydrogen-bond acceptors (Lipinski definition) is 1. The van der Waals surface area contributed by atoms with Crippen LogP contribution in [0.5, 0.6) is 0 Å². The molecule has 0 unspecified atom stereocenters. The van der Waals surface area contributed by atoms with Crippen molar-refractivity contribution < 1.29 is 0 Å². The van der Waals surface area contributed by atoms with Gasteiger partial charge in [0, 0.05) is 33.5 Å². The number of anilines is 3. The van der Waals surface area contributed by atoms with Crippen LogP contribution in [0.15, 0.2) is 231 Å². The standard InChI is InChI=1S/C56H42N2/c1-4-16-41(17-5-1)38-45-20-10-11-23-51(45)52-37-36-50(40-46(52)39-42-18-6-2-7-19-42)57(47-21-8-3-9-22-47)48-32-28-43(29-33-48)44-30-34-49(35-31-44)58-55-26-14-12-24-53(55)54-25-13-15-27-56(54)58/h1-37,40H,38-39H2. The number of aromatic nitrogens is 1. The minimum atomic E-state index is 0.829. The van der Waals surface area contributed by atoms with Crippen molar-refractivity contribution in [2.24, 2.45) is 0 Å². The quantitative estimate of drug-likeness (QED) is 0.135. The number of rotatable bonds is 10. The molecule has 0 spiro atoms. The maximum atomic E-state index is 2.40. The summed E-state index contributed by atoms with van der Waals surface area (Å²) in [5.74, 6) is 0. The van der Waals surface area contributed by atoms with Crippen molar-refractivity contribution in [3.8, 4) is 27.9 Å². The Balaban J connectivity index is 1.02. The normalized spacial score (nSPS) is 11.2. The third-order valence-corrected chi connectivity index (χ3v) is 11.3. The summed E-state index contributed by atoms with van der Waals surface area (Å²) < 4.78 is 2.37. The largest absolute Gasteiger partial charge is 0.310 e. The van der Waals surface area contributed by atoms with Crippen LogP contribution in [0.3, 0.4) is 0 Å². The van der Waals surface area contributed by atoms with E-state index in [0.717, 1.165) is 35.6 Å². The SMILES string of the molecule is c1ccc(Cc2ccccc2-c2ccc(N(c3ccccc3)c3ccc(-c4ccc(-n5c6ccccc6c6ccccc65)cc4)cc3)cc2Cc2ccccc2)cc1. The Hall–Kier alpha value is -7.42. The van der Waals surface area contributed by atoms with Crippen molar-refractivity contribution in [1.82, 2.24) is 4.57 Å². The monoisotopic (exact) mass is 742 g/mol. The fourth-order valence-electron chi connectivity index (χ4n) is 8.53. The van der Waals surface area contributed by atoms with E-state index in [1.54, 1.807) is 0 Å². The molecule has 0 saturated carbocycles. The third-order valence-electron chi connectivity index (χ3n) is 11.3. The molecule has 9 aromatic carbocycles. The minimum Gasteiger partial charge on any atom is -0.310 e. The summed E-state index contributed by atoms with van der Waals surface area (Å²) >= 11 is 0. The molecule has 2 heteroatoms. The van der Waals surface area contributed by atoms with Gasteiger partial charge >= 0.3 is 0 Å². The van der Waals surface area contributed by atoms with Gasteiger partial charge in [-0.05, 0) is 118 Å². The van der Waals surface area contributed by atoms with Gasteiger partial charge in [-0.2, -0.15) is 0 Å². The molecule has 0 aliphatic rings. The number of nitrogens with zero attached hydrogens (tertiary/aromatic N) is 2. The minimum absolute atomic E-state index is 0.829. The summed E-state index contributed by atoms with van der Waals surface area (Å²) in [6.07, 6.45) is 1.71. The first kappa shape index (κ1) is 35.0. The number of para-hydroxylation sites is 3. The molecule has 0 aliphatic heterocycles. The van der Waals surface area contributed by atoms with Gasteiger partial charge in [0.1, 0.15) is 0 Å². The summed E-state index contributed by atoms with van der Waals surface area (Å²) in [6.45, 7) is 0. The third kappa shape index (κ3) is 6.86. The van der Waals surface area contributed by atoms with Crippen LogP contribution < -0.4 is 4.90 Å². The molecule has 10 aromatic rings. The van der Waals surface area contributed by atoms with Gasteiger partial charge in [-0.1, -0.05) is 170 Å². The number of hydrogen-bond donors (Lipinski definition) is 0. The van der Waals surface area contributed by atoms with Gasteiger partial charge in [-0.3, -0.25) is 0 Å². The van der Waals surface area contributed by atoms with Crippen LogP contribution in [0.25, 0.3) is 49.7 Å². The summed E-state index contributed by atoms with van der Waals surface area (Å²) in [4.78, 5) is 2.38. The number of fused-ring (bicyclic) bond motifs is 3. The lowest BCUT2D eigenvalue weighted by Crippen LogP contribution is -2.10. The molecule has 0 bridgehead atoms. The zero-order chi connectivity index (χ0) is 38.7. The van der Waals surface area contributed by atoms with E-state index < -0.39 is 0 Å². The van der Waals surface area contributed by atoms with Gasteiger partial charge in [-0.15, -0.1) is 0 Å². The highest BCUT2D eigenvalue weighted by Gasteiger charge is 2.18. The molecular formula is C56H42N2. The summed E-state index contributed by atoms with van der Waals surface area (Å²) in [5, 5.41) is 2.55. The van der Waals surface area contributed by atoms with E-state index in [4.69, 9.17) is 0 Å². The van der Waals surface area contributed by atoms with E-state index in [9.17, 15) is 0 Å². The lowest BCUT2D eigenvalue weighted by atomic mass is 9.89. The summed E-state index contributed by atoms with van der Waals surface area (Å²) in [6, 6.07) is 83.6. The van der Waals surface area contributed by atoms with Crippen molar-refractivity contribution in [2.75, 3.05) is 4.90 Å². The molecular weight excluding hydrogens is 701 g/mol. The maximum absolute atomic E-state index is 2.40. The molecule has 0 fully saturated rings. The molecule has 276 valence electrons. The molecule has 0 radical (unpaired) electrons. The van der Waals surface area contributed by atoms with Gasteiger partial charge in [0.05, 0.1) is 11.0 Å². The zero-order valence-electron chi connectivity index (χ0n) is 32.2. The Labute approximate surface area is 340 Å². The fourth-order valence-corrected chi connectivity index (χ4v) is 8.53. The highest BCUT2D eigenvalue weighted by molar-refractivity contribution is 6.09. The Morgan fingerprint density at radius 2 is 0.776 bits per heavy atom. The maximum Gasteiger partial charge on any atom is 0.0541 e. The Morgan fingerprint density at radius 1 is 0.328 bits per heavy atom. The molecule has 58 heavy (non-hydrogen) atoms. The second-order valence-corrected chi connectivity index (χ2v) is 15.0. The second kappa shape index (κ2) is 15.6. The topological polar surface area (TPSA) is 8.17 Å². The first-order valence-electron chi connectivity index (χ1n) is 20.1. The van der Waals surface area contributed by atoms with Crippen molar-refractivity contribution >= 4 is 38.9 Å². The Bertz CT molecular complexity index is 2910. The van der Waals surface area contributed by atoms with Crippen LogP contribution in [0.4, 0.5) is 17.1 Å². The predicted molar refractivity (Wildman–Crippen MR) is 245 cm³/mol. The van der Waals surface area contributed by atoms with Crippen LogP contribution in [-0.2, 0) is 12.8 Å². The molecule has 0 atom stereocenters. The van der Waals surface area contributed by atoms with Gasteiger partial charge in [-0.25, -0.2) is 0 Å².